The highest BCUT2D eigenvalue weighted by atomic mass is 15.4. The van der Waals surface area contributed by atoms with Crippen molar-refractivity contribution in [1.82, 2.24) is 10.9 Å². The van der Waals surface area contributed by atoms with Crippen molar-refractivity contribution in [2.75, 3.05) is 0 Å². The summed E-state index contributed by atoms with van der Waals surface area (Å²) in [4.78, 5) is 15.9. The van der Waals surface area contributed by atoms with Crippen LogP contribution in [0, 0.1) is 0 Å². The van der Waals surface area contributed by atoms with Crippen LogP contribution in [0.15, 0.2) is 20.0 Å². The van der Waals surface area contributed by atoms with E-state index in [-0.39, 0.29) is 12.0 Å². The monoisotopic (exact) mass is 180 g/mol. The molecular weight excluding hydrogens is 172 g/mol. The minimum absolute atomic E-state index is 0.258. The molecule has 1 unspecified atom stereocenters. The van der Waals surface area contributed by atoms with E-state index in [1.165, 1.54) is 6.34 Å². The van der Waals surface area contributed by atoms with Gasteiger partial charge in [-0.2, -0.15) is 9.98 Å². The Balaban J connectivity index is 2.36. The third-order valence-corrected chi connectivity index (χ3v) is 1.63. The first-order chi connectivity index (χ1) is 6.35. The number of rotatable bonds is 0. The summed E-state index contributed by atoms with van der Waals surface area (Å²) in [6, 6.07) is -0.318. The molecule has 0 aromatic heterocycles. The highest BCUT2D eigenvalue weighted by molar-refractivity contribution is 6.22. The second-order valence-corrected chi connectivity index (χ2v) is 2.38. The molecular formula is C5H8N8. The van der Waals surface area contributed by atoms with Gasteiger partial charge in [0.15, 0.2) is 17.7 Å². The number of amidine groups is 2. The Bertz CT molecular complexity index is 336. The van der Waals surface area contributed by atoms with Crippen LogP contribution in [0.5, 0.6) is 0 Å². The van der Waals surface area contributed by atoms with Gasteiger partial charge in [0.2, 0.25) is 5.96 Å². The lowest BCUT2D eigenvalue weighted by molar-refractivity contribution is 0.928. The predicted octanol–water partition coefficient (Wildman–Crippen LogP) is -2.51. The van der Waals surface area contributed by atoms with Crippen LogP contribution in [0.1, 0.15) is 0 Å². The van der Waals surface area contributed by atoms with Crippen LogP contribution in [0.25, 0.3) is 0 Å². The summed E-state index contributed by atoms with van der Waals surface area (Å²) in [5, 5.41) is 0. The summed E-state index contributed by atoms with van der Waals surface area (Å²) in [6.07, 6.45) is 1.41. The van der Waals surface area contributed by atoms with Crippen molar-refractivity contribution < 1.29 is 0 Å². The number of hydrogen-bond donors (Lipinski definition) is 4. The number of guanidine groups is 1. The van der Waals surface area contributed by atoms with Crippen molar-refractivity contribution in [2.45, 2.75) is 6.04 Å². The van der Waals surface area contributed by atoms with E-state index in [0.29, 0.717) is 11.7 Å². The summed E-state index contributed by atoms with van der Waals surface area (Å²) < 4.78 is 0. The fourth-order valence-corrected chi connectivity index (χ4v) is 1.06. The minimum Gasteiger partial charge on any atom is -0.310 e. The molecule has 6 N–H and O–H groups in total. The maximum absolute atomic E-state index is 5.24. The fourth-order valence-electron chi connectivity index (χ4n) is 1.06. The number of hydrogen-bond acceptors (Lipinski definition) is 8. The van der Waals surface area contributed by atoms with Crippen LogP contribution in [0.4, 0.5) is 0 Å². The van der Waals surface area contributed by atoms with Crippen molar-refractivity contribution in [3.63, 3.8) is 0 Å². The van der Waals surface area contributed by atoms with Gasteiger partial charge in [0, 0.05) is 0 Å². The molecule has 0 aromatic carbocycles. The Morgan fingerprint density at radius 1 is 1.23 bits per heavy atom. The Morgan fingerprint density at radius 2 is 2.08 bits per heavy atom. The minimum atomic E-state index is -0.318. The van der Waals surface area contributed by atoms with Crippen molar-refractivity contribution in [3.8, 4) is 0 Å². The molecule has 2 heterocycles. The lowest BCUT2D eigenvalue weighted by Gasteiger charge is -2.15. The summed E-state index contributed by atoms with van der Waals surface area (Å²) in [5.41, 5.74) is 4.73. The first-order valence-corrected chi connectivity index (χ1v) is 3.55. The van der Waals surface area contributed by atoms with E-state index >= 15 is 0 Å². The van der Waals surface area contributed by atoms with Crippen molar-refractivity contribution in [2.24, 2.45) is 31.7 Å². The largest absolute Gasteiger partial charge is 0.310 e. The van der Waals surface area contributed by atoms with Crippen LogP contribution >= 0.6 is 0 Å². The van der Waals surface area contributed by atoms with Gasteiger partial charge in [-0.05, 0) is 0 Å². The van der Waals surface area contributed by atoms with Gasteiger partial charge in [-0.25, -0.2) is 16.7 Å². The summed E-state index contributed by atoms with van der Waals surface area (Å²) >= 11 is 0. The van der Waals surface area contributed by atoms with Gasteiger partial charge >= 0.3 is 0 Å². The summed E-state index contributed by atoms with van der Waals surface area (Å²) in [5.74, 6) is 11.6. The number of fused-ring (bicyclic) bond motifs is 1. The first kappa shape index (κ1) is 7.83. The van der Waals surface area contributed by atoms with Crippen LogP contribution in [-0.4, -0.2) is 30.0 Å². The topological polar surface area (TPSA) is 126 Å². The first-order valence-electron chi connectivity index (χ1n) is 3.55. The average Bonchev–Trinajstić information content (AvgIpc) is 2.63. The van der Waals surface area contributed by atoms with Crippen LogP contribution in [0.2, 0.25) is 0 Å². The summed E-state index contributed by atoms with van der Waals surface area (Å²) in [7, 11) is 0. The molecule has 1 atom stereocenters. The van der Waals surface area contributed by atoms with E-state index in [4.69, 9.17) is 11.7 Å². The van der Waals surface area contributed by atoms with Crippen molar-refractivity contribution >= 4 is 24.0 Å². The zero-order chi connectivity index (χ0) is 9.26. The average molecular weight is 180 g/mol. The number of nitrogens with one attached hydrogen (secondary N) is 2. The molecule has 0 fully saturated rings. The highest BCUT2D eigenvalue weighted by Crippen LogP contribution is 2.08. The Kier molecular flexibility index (Phi) is 1.76. The summed E-state index contributed by atoms with van der Waals surface area (Å²) in [6.45, 7) is 0. The molecule has 0 aromatic rings. The van der Waals surface area contributed by atoms with Gasteiger partial charge in [-0.15, -0.1) is 0 Å². The maximum Gasteiger partial charge on any atom is 0.240 e. The van der Waals surface area contributed by atoms with E-state index in [1.54, 1.807) is 0 Å². The quantitative estimate of drug-likeness (QED) is 0.242. The molecule has 68 valence electrons. The molecule has 0 aliphatic carbocycles. The van der Waals surface area contributed by atoms with Crippen LogP contribution in [-0.2, 0) is 0 Å². The number of aliphatic imine (C=N–C) groups is 4. The predicted molar refractivity (Wildman–Crippen MR) is 49.2 cm³/mol. The molecule has 0 amide bonds. The zero-order valence-electron chi connectivity index (χ0n) is 6.60. The molecule has 13 heavy (non-hydrogen) atoms. The second-order valence-electron chi connectivity index (χ2n) is 2.38. The third-order valence-electron chi connectivity index (χ3n) is 1.63. The van der Waals surface area contributed by atoms with Gasteiger partial charge in [0.25, 0.3) is 0 Å². The molecule has 0 saturated heterocycles. The molecule has 0 bridgehead atoms. The van der Waals surface area contributed by atoms with Gasteiger partial charge in [0.1, 0.15) is 6.34 Å². The van der Waals surface area contributed by atoms with Crippen LogP contribution < -0.4 is 22.5 Å². The second kappa shape index (κ2) is 2.92. The lowest BCUT2D eigenvalue weighted by atomic mass is 10.2. The van der Waals surface area contributed by atoms with E-state index in [2.05, 4.69) is 30.8 Å². The van der Waals surface area contributed by atoms with Crippen molar-refractivity contribution in [1.29, 1.82) is 0 Å². The van der Waals surface area contributed by atoms with Crippen LogP contribution in [0.3, 0.4) is 0 Å². The smallest absolute Gasteiger partial charge is 0.240 e. The number of nitrogens with two attached hydrogens (primary N) is 2. The van der Waals surface area contributed by atoms with E-state index in [1.807, 2.05) is 0 Å². The van der Waals surface area contributed by atoms with Gasteiger partial charge in [-0.3, -0.25) is 10.4 Å². The number of nitrogens with zero attached hydrogens (tertiary/aromatic N) is 4. The Labute approximate surface area is 73.5 Å². The molecule has 8 nitrogen and oxygen atoms in total. The lowest BCUT2D eigenvalue weighted by Crippen LogP contribution is -2.46. The number of hydrazine groups is 2. The van der Waals surface area contributed by atoms with E-state index in [0.717, 1.165) is 0 Å². The van der Waals surface area contributed by atoms with Crippen molar-refractivity contribution in [3.05, 3.63) is 0 Å². The highest BCUT2D eigenvalue weighted by Gasteiger charge is 2.27. The SMILES string of the molecule is NNC1=NC2=NC=NC2C(NN)=N1. The Hall–Kier alpha value is -1.80. The van der Waals surface area contributed by atoms with E-state index in [9.17, 15) is 0 Å². The molecule has 0 spiro atoms. The van der Waals surface area contributed by atoms with Gasteiger partial charge in [-0.1, -0.05) is 0 Å². The molecule has 2 aliphatic heterocycles. The molecule has 0 saturated carbocycles. The molecule has 2 rings (SSSR count). The normalized spacial score (nSPS) is 24.5. The standard InChI is InChI=1S/C5H8N8/c6-12-4-2-3(9-1-8-2)10-5(11-4)13-7/h1-2H,6-7H2,(H2,8,9,10,11,12,13). The molecule has 8 heteroatoms. The molecule has 2 aliphatic rings. The van der Waals surface area contributed by atoms with Gasteiger partial charge < -0.3 is 5.43 Å². The zero-order valence-corrected chi connectivity index (χ0v) is 6.60. The van der Waals surface area contributed by atoms with Gasteiger partial charge in [0.05, 0.1) is 0 Å². The third kappa shape index (κ3) is 1.17. The Morgan fingerprint density at radius 3 is 2.77 bits per heavy atom. The molecule has 0 radical (unpaired) electrons. The van der Waals surface area contributed by atoms with E-state index < -0.39 is 0 Å². The maximum atomic E-state index is 5.24. The fraction of sp³-hybridized carbons (Fsp3) is 0.200.